The van der Waals surface area contributed by atoms with Crippen molar-refractivity contribution in [2.24, 2.45) is 0 Å². The molecule has 0 rings (SSSR count). The van der Waals surface area contributed by atoms with Crippen molar-refractivity contribution in [3.05, 3.63) is 11.2 Å². The Morgan fingerprint density at radius 3 is 2.64 bits per heavy atom. The van der Waals surface area contributed by atoms with Crippen LogP contribution in [0.15, 0.2) is 11.2 Å². The van der Waals surface area contributed by atoms with E-state index >= 15 is 0 Å². The van der Waals surface area contributed by atoms with Gasteiger partial charge in [0.25, 0.3) is 0 Å². The lowest BCUT2D eigenvalue weighted by Crippen LogP contribution is -1.79. The predicted molar refractivity (Wildman–Crippen MR) is 51.5 cm³/mol. The molecule has 0 amide bonds. The zero-order valence-electron chi connectivity index (χ0n) is 7.40. The van der Waals surface area contributed by atoms with E-state index in [0.717, 1.165) is 12.2 Å². The lowest BCUT2D eigenvalue weighted by molar-refractivity contribution is 0.690. The van der Waals surface area contributed by atoms with Gasteiger partial charge in [-0.05, 0) is 19.4 Å². The van der Waals surface area contributed by atoms with Gasteiger partial charge in [0, 0.05) is 5.75 Å². The Labute approximate surface area is 73.3 Å². The Morgan fingerprint density at radius 1 is 1.36 bits per heavy atom. The van der Waals surface area contributed by atoms with Crippen LogP contribution in [0.1, 0.15) is 39.5 Å². The van der Waals surface area contributed by atoms with Crippen LogP contribution in [0.3, 0.4) is 0 Å². The summed E-state index contributed by atoms with van der Waals surface area (Å²) in [5.41, 5.74) is 0. The molecule has 2 heteroatoms. The molecule has 0 unspecified atom stereocenters. The standard InChI is InChI=1S/C9H17FS/c1-3-5-6-7-8-11-9(10)4-2/h4H,3,5-8H2,1-2H3/b9-4+. The third kappa shape index (κ3) is 7.92. The maximum absolute atomic E-state index is 12.5. The highest BCUT2D eigenvalue weighted by atomic mass is 32.2. The maximum atomic E-state index is 12.5. The summed E-state index contributed by atoms with van der Waals surface area (Å²) < 4.78 is 12.5. The highest BCUT2D eigenvalue weighted by molar-refractivity contribution is 8.02. The second-order valence-electron chi connectivity index (χ2n) is 2.50. The fraction of sp³-hybridized carbons (Fsp3) is 0.778. The molecule has 0 aromatic carbocycles. The number of hydrogen-bond donors (Lipinski definition) is 0. The topological polar surface area (TPSA) is 0 Å². The molecular weight excluding hydrogens is 159 g/mol. The van der Waals surface area contributed by atoms with E-state index in [2.05, 4.69) is 6.92 Å². The number of allylic oxidation sites excluding steroid dienone is 1. The Morgan fingerprint density at radius 2 is 2.09 bits per heavy atom. The Hall–Kier alpha value is 0.0200. The van der Waals surface area contributed by atoms with Crippen molar-refractivity contribution >= 4 is 11.8 Å². The zero-order valence-corrected chi connectivity index (χ0v) is 8.22. The molecule has 0 aromatic heterocycles. The number of thioether (sulfide) groups is 1. The van der Waals surface area contributed by atoms with Gasteiger partial charge in [-0.1, -0.05) is 37.9 Å². The number of rotatable bonds is 6. The van der Waals surface area contributed by atoms with Crippen molar-refractivity contribution in [2.75, 3.05) is 5.75 Å². The highest BCUT2D eigenvalue weighted by Gasteiger charge is 1.93. The van der Waals surface area contributed by atoms with Gasteiger partial charge in [-0.2, -0.15) is 4.39 Å². The van der Waals surface area contributed by atoms with Gasteiger partial charge in [-0.25, -0.2) is 0 Å². The lowest BCUT2D eigenvalue weighted by atomic mass is 10.2. The molecule has 0 spiro atoms. The zero-order chi connectivity index (χ0) is 8.53. The molecule has 0 fully saturated rings. The first-order valence-electron chi connectivity index (χ1n) is 4.25. The Balaban J connectivity index is 3.02. The SMILES string of the molecule is C/C=C(\F)SCCCCCC. The number of unbranched alkanes of at least 4 members (excludes halogenated alkanes) is 3. The molecule has 0 aliphatic rings. The third-order valence-electron chi connectivity index (χ3n) is 1.46. The normalized spacial score (nSPS) is 12.1. The molecule has 11 heavy (non-hydrogen) atoms. The average molecular weight is 176 g/mol. The number of halogens is 1. The molecular formula is C9H17FS. The van der Waals surface area contributed by atoms with E-state index in [1.165, 1.54) is 37.1 Å². The van der Waals surface area contributed by atoms with Gasteiger partial charge in [-0.15, -0.1) is 0 Å². The van der Waals surface area contributed by atoms with Gasteiger partial charge >= 0.3 is 0 Å². The summed E-state index contributed by atoms with van der Waals surface area (Å²) in [7, 11) is 0. The van der Waals surface area contributed by atoms with Crippen LogP contribution in [-0.4, -0.2) is 5.75 Å². The monoisotopic (exact) mass is 176 g/mol. The first-order valence-corrected chi connectivity index (χ1v) is 5.24. The van der Waals surface area contributed by atoms with Crippen molar-refractivity contribution in [1.29, 1.82) is 0 Å². The minimum atomic E-state index is -0.0403. The molecule has 0 radical (unpaired) electrons. The van der Waals surface area contributed by atoms with E-state index in [1.54, 1.807) is 6.92 Å². The van der Waals surface area contributed by atoms with Crippen molar-refractivity contribution in [2.45, 2.75) is 39.5 Å². The van der Waals surface area contributed by atoms with Crippen molar-refractivity contribution < 1.29 is 4.39 Å². The average Bonchev–Trinajstić information content (AvgIpc) is 2.04. The minimum Gasteiger partial charge on any atom is -0.200 e. The van der Waals surface area contributed by atoms with Gasteiger partial charge in [0.15, 0.2) is 5.16 Å². The molecule has 0 aliphatic heterocycles. The molecule has 0 bridgehead atoms. The maximum Gasteiger partial charge on any atom is 0.152 e. The number of hydrogen-bond acceptors (Lipinski definition) is 1. The quantitative estimate of drug-likeness (QED) is 0.548. The summed E-state index contributed by atoms with van der Waals surface area (Å²) in [6.07, 6.45) is 6.42. The Kier molecular flexibility index (Phi) is 8.13. The molecule has 66 valence electrons. The first kappa shape index (κ1) is 11.0. The van der Waals surface area contributed by atoms with Gasteiger partial charge in [0.05, 0.1) is 0 Å². The van der Waals surface area contributed by atoms with Crippen LogP contribution in [-0.2, 0) is 0 Å². The van der Waals surface area contributed by atoms with Crippen molar-refractivity contribution in [3.63, 3.8) is 0 Å². The van der Waals surface area contributed by atoms with E-state index in [-0.39, 0.29) is 5.16 Å². The molecule has 0 saturated heterocycles. The third-order valence-corrected chi connectivity index (χ3v) is 2.47. The van der Waals surface area contributed by atoms with Crippen LogP contribution >= 0.6 is 11.8 Å². The van der Waals surface area contributed by atoms with Crippen LogP contribution in [0.2, 0.25) is 0 Å². The molecule has 0 saturated carbocycles. The second-order valence-corrected chi connectivity index (χ2v) is 3.59. The summed E-state index contributed by atoms with van der Waals surface area (Å²) >= 11 is 1.32. The molecule has 0 nitrogen and oxygen atoms in total. The van der Waals surface area contributed by atoms with Gasteiger partial charge in [-0.3, -0.25) is 0 Å². The lowest BCUT2D eigenvalue weighted by Gasteiger charge is -1.97. The van der Waals surface area contributed by atoms with Crippen LogP contribution < -0.4 is 0 Å². The van der Waals surface area contributed by atoms with E-state index < -0.39 is 0 Å². The fourth-order valence-electron chi connectivity index (χ4n) is 0.782. The Bertz CT molecular complexity index is 110. The summed E-state index contributed by atoms with van der Waals surface area (Å²) in [5, 5.41) is -0.0403. The predicted octanol–water partition coefficient (Wildman–Crippen LogP) is 4.13. The molecule has 0 aliphatic carbocycles. The first-order chi connectivity index (χ1) is 5.31. The summed E-state index contributed by atoms with van der Waals surface area (Å²) in [6.45, 7) is 3.91. The molecule has 0 heterocycles. The molecule has 0 N–H and O–H groups in total. The van der Waals surface area contributed by atoms with Crippen molar-refractivity contribution in [1.82, 2.24) is 0 Å². The molecule has 0 atom stereocenters. The smallest absolute Gasteiger partial charge is 0.152 e. The van der Waals surface area contributed by atoms with Crippen LogP contribution in [0.25, 0.3) is 0 Å². The van der Waals surface area contributed by atoms with E-state index in [1.807, 2.05) is 0 Å². The van der Waals surface area contributed by atoms with Gasteiger partial charge < -0.3 is 0 Å². The van der Waals surface area contributed by atoms with Crippen LogP contribution in [0.4, 0.5) is 4.39 Å². The summed E-state index contributed by atoms with van der Waals surface area (Å²) in [4.78, 5) is 0. The van der Waals surface area contributed by atoms with E-state index in [9.17, 15) is 4.39 Å². The highest BCUT2D eigenvalue weighted by Crippen LogP contribution is 2.18. The van der Waals surface area contributed by atoms with E-state index in [0.29, 0.717) is 0 Å². The summed E-state index contributed by atoms with van der Waals surface area (Å²) in [6, 6.07) is 0. The fourth-order valence-corrected chi connectivity index (χ4v) is 1.49. The van der Waals surface area contributed by atoms with E-state index in [4.69, 9.17) is 0 Å². The largest absolute Gasteiger partial charge is 0.200 e. The van der Waals surface area contributed by atoms with Crippen LogP contribution in [0, 0.1) is 0 Å². The second kappa shape index (κ2) is 8.12. The van der Waals surface area contributed by atoms with Crippen LogP contribution in [0.5, 0.6) is 0 Å². The molecule has 0 aromatic rings. The van der Waals surface area contributed by atoms with Gasteiger partial charge in [0.1, 0.15) is 0 Å². The van der Waals surface area contributed by atoms with Gasteiger partial charge in [0.2, 0.25) is 0 Å². The summed E-state index contributed by atoms with van der Waals surface area (Å²) in [5.74, 6) is 0.927. The van der Waals surface area contributed by atoms with Crippen molar-refractivity contribution in [3.8, 4) is 0 Å². The minimum absolute atomic E-state index is 0.0403.